The standard InChI is InChI=1S/C16H33NO4/c1-7-10-17-16(6,15(18)20-9-3)11-13(4)21-14(5)12-19-8-2/h13-14,17H,7-12H2,1-6H3. The van der Waals surface area contributed by atoms with E-state index in [-0.39, 0.29) is 18.2 Å². The Morgan fingerprint density at radius 2 is 1.81 bits per heavy atom. The van der Waals surface area contributed by atoms with E-state index in [9.17, 15) is 4.79 Å². The Kier molecular flexibility index (Phi) is 10.6. The molecule has 0 rings (SSSR count). The first-order valence-corrected chi connectivity index (χ1v) is 8.05. The van der Waals surface area contributed by atoms with Gasteiger partial charge < -0.3 is 19.5 Å². The topological polar surface area (TPSA) is 56.8 Å². The molecule has 0 amide bonds. The molecule has 5 heteroatoms. The molecule has 0 spiro atoms. The second kappa shape index (κ2) is 11.0. The molecule has 0 aliphatic rings. The average Bonchev–Trinajstić information content (AvgIpc) is 2.42. The van der Waals surface area contributed by atoms with Crippen molar-refractivity contribution in [2.45, 2.75) is 72.1 Å². The van der Waals surface area contributed by atoms with Crippen LogP contribution in [0.4, 0.5) is 0 Å². The number of ether oxygens (including phenoxy) is 3. The van der Waals surface area contributed by atoms with Crippen LogP contribution in [0.2, 0.25) is 0 Å². The Labute approximate surface area is 129 Å². The van der Waals surface area contributed by atoms with E-state index in [2.05, 4.69) is 12.2 Å². The lowest BCUT2D eigenvalue weighted by Gasteiger charge is -2.32. The fraction of sp³-hybridized carbons (Fsp3) is 0.938. The van der Waals surface area contributed by atoms with Gasteiger partial charge in [0, 0.05) is 13.0 Å². The van der Waals surface area contributed by atoms with E-state index in [4.69, 9.17) is 14.2 Å². The highest BCUT2D eigenvalue weighted by Gasteiger charge is 2.36. The zero-order chi connectivity index (χ0) is 16.3. The molecule has 0 bridgehead atoms. The number of nitrogens with one attached hydrogen (secondary N) is 1. The predicted molar refractivity (Wildman–Crippen MR) is 84.5 cm³/mol. The van der Waals surface area contributed by atoms with Gasteiger partial charge in [0.2, 0.25) is 0 Å². The zero-order valence-corrected chi connectivity index (χ0v) is 14.5. The van der Waals surface area contributed by atoms with Crippen LogP contribution in [0, 0.1) is 0 Å². The maximum Gasteiger partial charge on any atom is 0.326 e. The molecular formula is C16H33NO4. The molecule has 0 aromatic carbocycles. The molecule has 3 atom stereocenters. The number of carbonyl (C=O) groups excluding carboxylic acids is 1. The van der Waals surface area contributed by atoms with Crippen molar-refractivity contribution in [3.05, 3.63) is 0 Å². The minimum absolute atomic E-state index is 0.0116. The van der Waals surface area contributed by atoms with Gasteiger partial charge in [0.15, 0.2) is 0 Å². The molecule has 0 fully saturated rings. The zero-order valence-electron chi connectivity index (χ0n) is 14.5. The maximum absolute atomic E-state index is 12.2. The van der Waals surface area contributed by atoms with E-state index in [1.807, 2.05) is 34.6 Å². The minimum atomic E-state index is -0.712. The second-order valence-electron chi connectivity index (χ2n) is 5.60. The number of esters is 1. The third kappa shape index (κ3) is 8.39. The number of rotatable bonds is 12. The quantitative estimate of drug-likeness (QED) is 0.561. The van der Waals surface area contributed by atoms with E-state index < -0.39 is 5.54 Å². The summed E-state index contributed by atoms with van der Waals surface area (Å²) in [5.41, 5.74) is -0.712. The molecule has 21 heavy (non-hydrogen) atoms. The Bertz CT molecular complexity index is 285. The van der Waals surface area contributed by atoms with E-state index >= 15 is 0 Å². The van der Waals surface area contributed by atoms with Crippen molar-refractivity contribution in [3.63, 3.8) is 0 Å². The summed E-state index contributed by atoms with van der Waals surface area (Å²) in [4.78, 5) is 12.2. The van der Waals surface area contributed by atoms with Gasteiger partial charge >= 0.3 is 5.97 Å². The molecule has 0 radical (unpaired) electrons. The highest BCUT2D eigenvalue weighted by molar-refractivity contribution is 5.80. The molecule has 126 valence electrons. The summed E-state index contributed by atoms with van der Waals surface area (Å²) < 4.78 is 16.4. The molecule has 0 aliphatic heterocycles. The minimum Gasteiger partial charge on any atom is -0.465 e. The van der Waals surface area contributed by atoms with Crippen LogP contribution in [0.3, 0.4) is 0 Å². The summed E-state index contributed by atoms with van der Waals surface area (Å²) in [5.74, 6) is -0.216. The molecule has 0 aromatic rings. The smallest absolute Gasteiger partial charge is 0.326 e. The highest BCUT2D eigenvalue weighted by Crippen LogP contribution is 2.18. The molecule has 3 unspecified atom stereocenters. The van der Waals surface area contributed by atoms with Gasteiger partial charge in [-0.2, -0.15) is 0 Å². The molecule has 1 N–H and O–H groups in total. The summed E-state index contributed by atoms with van der Waals surface area (Å²) in [7, 11) is 0. The van der Waals surface area contributed by atoms with Crippen LogP contribution in [0.15, 0.2) is 0 Å². The van der Waals surface area contributed by atoms with Gasteiger partial charge in [0.05, 0.1) is 25.4 Å². The van der Waals surface area contributed by atoms with Crippen LogP contribution in [0.25, 0.3) is 0 Å². The first-order chi connectivity index (χ1) is 9.89. The van der Waals surface area contributed by atoms with Gasteiger partial charge in [-0.3, -0.25) is 4.79 Å². The van der Waals surface area contributed by atoms with E-state index in [0.29, 0.717) is 26.2 Å². The number of hydrogen-bond donors (Lipinski definition) is 1. The molecule has 0 aromatic heterocycles. The lowest BCUT2D eigenvalue weighted by molar-refractivity contribution is -0.153. The predicted octanol–water partition coefficient (Wildman–Crippen LogP) is 2.53. The van der Waals surface area contributed by atoms with E-state index in [1.165, 1.54) is 0 Å². The van der Waals surface area contributed by atoms with Crippen molar-refractivity contribution in [3.8, 4) is 0 Å². The lowest BCUT2D eigenvalue weighted by atomic mass is 9.94. The highest BCUT2D eigenvalue weighted by atomic mass is 16.5. The Hall–Kier alpha value is -0.650. The second-order valence-corrected chi connectivity index (χ2v) is 5.60. The summed E-state index contributed by atoms with van der Waals surface area (Å²) in [6.07, 6.45) is 1.49. The first-order valence-electron chi connectivity index (χ1n) is 8.05. The van der Waals surface area contributed by atoms with Crippen LogP contribution in [-0.4, -0.2) is 50.1 Å². The SMILES string of the molecule is CCCNC(C)(CC(C)OC(C)COCC)C(=O)OCC. The van der Waals surface area contributed by atoms with Crippen LogP contribution >= 0.6 is 0 Å². The van der Waals surface area contributed by atoms with Crippen LogP contribution < -0.4 is 5.32 Å². The fourth-order valence-corrected chi connectivity index (χ4v) is 2.26. The summed E-state index contributed by atoms with van der Waals surface area (Å²) in [6, 6.07) is 0. The average molecular weight is 303 g/mol. The Morgan fingerprint density at radius 1 is 1.14 bits per heavy atom. The largest absolute Gasteiger partial charge is 0.465 e. The van der Waals surface area contributed by atoms with Crippen molar-refractivity contribution in [2.24, 2.45) is 0 Å². The summed E-state index contributed by atoms with van der Waals surface area (Å²) in [6.45, 7) is 14.1. The molecule has 0 heterocycles. The van der Waals surface area contributed by atoms with Crippen molar-refractivity contribution in [2.75, 3.05) is 26.4 Å². The van der Waals surface area contributed by atoms with Crippen LogP contribution in [0.1, 0.15) is 54.4 Å². The maximum atomic E-state index is 12.2. The first kappa shape index (κ1) is 20.3. The van der Waals surface area contributed by atoms with Crippen molar-refractivity contribution in [1.29, 1.82) is 0 Å². The number of carbonyl (C=O) groups is 1. The Morgan fingerprint density at radius 3 is 2.33 bits per heavy atom. The Balaban J connectivity index is 4.53. The third-order valence-corrected chi connectivity index (χ3v) is 3.21. The van der Waals surface area contributed by atoms with Crippen LogP contribution in [-0.2, 0) is 19.0 Å². The van der Waals surface area contributed by atoms with Gasteiger partial charge in [-0.25, -0.2) is 0 Å². The molecule has 5 nitrogen and oxygen atoms in total. The van der Waals surface area contributed by atoms with Gasteiger partial charge in [-0.1, -0.05) is 6.92 Å². The van der Waals surface area contributed by atoms with Crippen molar-refractivity contribution < 1.29 is 19.0 Å². The van der Waals surface area contributed by atoms with Gasteiger partial charge in [0.1, 0.15) is 5.54 Å². The molecule has 0 aliphatic carbocycles. The third-order valence-electron chi connectivity index (χ3n) is 3.21. The summed E-state index contributed by atoms with van der Waals surface area (Å²) >= 11 is 0. The fourth-order valence-electron chi connectivity index (χ4n) is 2.26. The lowest BCUT2D eigenvalue weighted by Crippen LogP contribution is -2.53. The van der Waals surface area contributed by atoms with Crippen molar-refractivity contribution >= 4 is 5.97 Å². The van der Waals surface area contributed by atoms with Gasteiger partial charge in [-0.15, -0.1) is 0 Å². The monoisotopic (exact) mass is 303 g/mol. The van der Waals surface area contributed by atoms with Crippen LogP contribution in [0.5, 0.6) is 0 Å². The number of hydrogen-bond acceptors (Lipinski definition) is 5. The molecule has 0 saturated carbocycles. The normalized spacial score (nSPS) is 17.0. The molecule has 0 saturated heterocycles. The van der Waals surface area contributed by atoms with Crippen molar-refractivity contribution in [1.82, 2.24) is 5.32 Å². The summed E-state index contributed by atoms with van der Waals surface area (Å²) in [5, 5.41) is 3.29. The van der Waals surface area contributed by atoms with E-state index in [1.54, 1.807) is 0 Å². The van der Waals surface area contributed by atoms with E-state index in [0.717, 1.165) is 13.0 Å². The van der Waals surface area contributed by atoms with Gasteiger partial charge in [0.25, 0.3) is 0 Å². The van der Waals surface area contributed by atoms with Gasteiger partial charge in [-0.05, 0) is 47.6 Å². The molecular weight excluding hydrogens is 270 g/mol.